The first-order valence-electron chi connectivity index (χ1n) is 4.40. The zero-order valence-corrected chi connectivity index (χ0v) is 11.9. The van der Waals surface area contributed by atoms with E-state index in [4.69, 9.17) is 21.8 Å². The number of nitrogens with zero attached hydrogens (tertiary/aromatic N) is 1. The van der Waals surface area contributed by atoms with Gasteiger partial charge < -0.3 is 32.0 Å². The largest absolute Gasteiger partial charge is 1.00 e. The molecule has 1 amide bonds. The van der Waals surface area contributed by atoms with E-state index in [-0.39, 0.29) is 48.0 Å². The number of carboxylic acid groups (broad SMARTS) is 2. The molecular weight excluding hydrogens is 263 g/mol. The summed E-state index contributed by atoms with van der Waals surface area (Å²) in [5, 5.41) is 19.5. The van der Waals surface area contributed by atoms with Gasteiger partial charge in [-0.2, -0.15) is 0 Å². The Balaban J connectivity index is 0.00000256. The van der Waals surface area contributed by atoms with Crippen LogP contribution >= 0.6 is 11.6 Å². The molecule has 0 aromatic heterocycles. The monoisotopic (exact) mass is 272 g/mol. The van der Waals surface area contributed by atoms with E-state index in [0.29, 0.717) is 0 Å². The third-order valence-corrected chi connectivity index (χ3v) is 2.47. The third kappa shape index (κ3) is 5.22. The summed E-state index contributed by atoms with van der Waals surface area (Å²) in [4.78, 5) is 33.3. The van der Waals surface area contributed by atoms with Gasteiger partial charge in [0.1, 0.15) is 0 Å². The van der Waals surface area contributed by atoms with Gasteiger partial charge in [0.15, 0.2) is 0 Å². The van der Waals surface area contributed by atoms with Crippen molar-refractivity contribution >= 4 is 29.4 Å². The quantitative estimate of drug-likeness (QED) is 0.274. The second kappa shape index (κ2) is 7.17. The fourth-order valence-corrected chi connectivity index (χ4v) is 1.62. The Morgan fingerprint density at radius 1 is 1.47 bits per heavy atom. The van der Waals surface area contributed by atoms with Gasteiger partial charge in [0.25, 0.3) is 0 Å². The smallest absolute Gasteiger partial charge is 0.481 e. The maximum atomic E-state index is 11.2. The zero-order chi connectivity index (χ0) is 12.3. The summed E-state index contributed by atoms with van der Waals surface area (Å²) in [5.74, 6) is -2.71. The molecule has 1 unspecified atom stereocenters. The van der Waals surface area contributed by atoms with Gasteiger partial charge in [0.2, 0.25) is 5.91 Å². The van der Waals surface area contributed by atoms with E-state index < -0.39 is 30.4 Å². The Labute approximate surface area is 124 Å². The van der Waals surface area contributed by atoms with E-state index in [0.717, 1.165) is 4.90 Å². The van der Waals surface area contributed by atoms with Crippen LogP contribution in [0.3, 0.4) is 0 Å². The predicted molar refractivity (Wildman–Crippen MR) is 52.5 cm³/mol. The Morgan fingerprint density at radius 2 is 2.06 bits per heavy atom. The van der Waals surface area contributed by atoms with Crippen LogP contribution in [0.1, 0.15) is 6.42 Å². The summed E-state index contributed by atoms with van der Waals surface area (Å²) in [6.45, 7) is -0.608. The zero-order valence-electron chi connectivity index (χ0n) is 9.14. The minimum absolute atomic E-state index is 0. The van der Waals surface area contributed by atoms with Crippen molar-refractivity contribution in [1.82, 2.24) is 10.2 Å². The number of carboxylic acids is 2. The molecule has 1 saturated heterocycles. The van der Waals surface area contributed by atoms with Gasteiger partial charge in [-0.1, -0.05) is 6.04 Å². The molecule has 0 bridgehead atoms. The molecule has 90 valence electrons. The average molecular weight is 273 g/mol. The van der Waals surface area contributed by atoms with E-state index in [1.165, 1.54) is 0 Å². The van der Waals surface area contributed by atoms with Crippen molar-refractivity contribution in [2.24, 2.45) is 0 Å². The summed E-state index contributed by atoms with van der Waals surface area (Å²) >= 11 is 5.80. The molecule has 9 heteroatoms. The minimum Gasteiger partial charge on any atom is -0.481 e. The number of halogens is 1. The molecular formula is C8H10ClN2NaO5. The molecule has 0 radical (unpaired) electrons. The van der Waals surface area contributed by atoms with Gasteiger partial charge in [0, 0.05) is 6.42 Å². The van der Waals surface area contributed by atoms with Crippen molar-refractivity contribution in [3.63, 3.8) is 0 Å². The average Bonchev–Trinajstić information content (AvgIpc) is 2.11. The van der Waals surface area contributed by atoms with Crippen LogP contribution in [0.5, 0.6) is 0 Å². The Morgan fingerprint density at radius 3 is 2.53 bits per heavy atom. The van der Waals surface area contributed by atoms with Crippen molar-refractivity contribution in [2.45, 2.75) is 12.5 Å². The topological polar surface area (TPSA) is 107 Å². The molecule has 1 fully saturated rings. The number of hydrogen-bond donors (Lipinski definition) is 3. The van der Waals surface area contributed by atoms with Crippen LogP contribution in [0.15, 0.2) is 0 Å². The Bertz CT molecular complexity index is 295. The van der Waals surface area contributed by atoms with Gasteiger partial charge in [0.05, 0.1) is 13.1 Å². The second-order valence-corrected chi connectivity index (χ2v) is 3.68. The number of hydrogen-bond acceptors (Lipinski definition) is 4. The minimum atomic E-state index is -1.14. The molecule has 0 aliphatic carbocycles. The fourth-order valence-electron chi connectivity index (χ4n) is 1.37. The van der Waals surface area contributed by atoms with Crippen LogP contribution in [0, 0.1) is 5.50 Å². The Hall–Kier alpha value is -0.340. The summed E-state index contributed by atoms with van der Waals surface area (Å²) < 4.78 is 0. The molecule has 0 aromatic rings. The number of rotatable bonds is 4. The van der Waals surface area contributed by atoms with Crippen LogP contribution in [-0.4, -0.2) is 52.1 Å². The summed E-state index contributed by atoms with van der Waals surface area (Å²) in [7, 11) is 0. The van der Waals surface area contributed by atoms with E-state index in [2.05, 4.69) is 5.32 Å². The molecule has 0 spiro atoms. The van der Waals surface area contributed by atoms with Crippen molar-refractivity contribution in [3.8, 4) is 0 Å². The second-order valence-electron chi connectivity index (χ2n) is 3.29. The SMILES string of the molecule is O=C(O)CC1NC(=O)CN(CC(=O)O)[C-]1Cl.[Na+]. The van der Waals surface area contributed by atoms with Gasteiger partial charge in [-0.05, 0) is 0 Å². The normalized spacial score (nSPS) is 21.5. The van der Waals surface area contributed by atoms with E-state index in [1.807, 2.05) is 0 Å². The molecule has 1 heterocycles. The standard InChI is InChI=1S/C8H10ClN2O5.Na/c9-8-4(1-6(13)14)10-5(12)2-11(8)3-7(15)16;/h4H,1-3H2,(H,10,12)(H,13,14)(H,15,16);/q-1;+1. The maximum Gasteiger partial charge on any atom is 1.00 e. The van der Waals surface area contributed by atoms with Gasteiger partial charge in [-0.15, -0.1) is 5.50 Å². The van der Waals surface area contributed by atoms with Crippen LogP contribution in [0.25, 0.3) is 0 Å². The molecule has 1 atom stereocenters. The van der Waals surface area contributed by atoms with Gasteiger partial charge in [-0.25, -0.2) is 0 Å². The molecule has 17 heavy (non-hydrogen) atoms. The number of aliphatic carboxylic acids is 2. The molecule has 7 nitrogen and oxygen atoms in total. The first kappa shape index (κ1) is 16.7. The summed E-state index contributed by atoms with van der Waals surface area (Å²) in [6.07, 6.45) is -0.374. The predicted octanol–water partition coefficient (Wildman–Crippen LogP) is -3.92. The number of piperazine rings is 1. The molecule has 1 aliphatic rings. The van der Waals surface area contributed by atoms with Crippen LogP contribution < -0.4 is 34.9 Å². The molecule has 3 N–H and O–H groups in total. The van der Waals surface area contributed by atoms with E-state index >= 15 is 0 Å². The van der Waals surface area contributed by atoms with Crippen molar-refractivity contribution in [1.29, 1.82) is 0 Å². The van der Waals surface area contributed by atoms with E-state index in [1.54, 1.807) is 0 Å². The van der Waals surface area contributed by atoms with Crippen LogP contribution in [0.2, 0.25) is 0 Å². The fraction of sp³-hybridized carbons (Fsp3) is 0.500. The maximum absolute atomic E-state index is 11.2. The third-order valence-electron chi connectivity index (χ3n) is 1.96. The number of carbonyl (C=O) groups is 3. The van der Waals surface area contributed by atoms with Crippen molar-refractivity contribution < 1.29 is 54.2 Å². The molecule has 1 rings (SSSR count). The number of carbonyl (C=O) groups excluding carboxylic acids is 1. The number of amides is 1. The molecule has 0 aromatic carbocycles. The molecule has 1 aliphatic heterocycles. The van der Waals surface area contributed by atoms with Crippen molar-refractivity contribution in [3.05, 3.63) is 5.50 Å². The number of nitrogens with one attached hydrogen (secondary N) is 1. The summed E-state index contributed by atoms with van der Waals surface area (Å²) in [5.41, 5.74) is 0.0319. The molecule has 0 saturated carbocycles. The van der Waals surface area contributed by atoms with Crippen LogP contribution in [0.4, 0.5) is 0 Å². The first-order chi connectivity index (χ1) is 7.40. The van der Waals surface area contributed by atoms with Crippen molar-refractivity contribution in [2.75, 3.05) is 13.1 Å². The van der Waals surface area contributed by atoms with Gasteiger partial charge >= 0.3 is 41.5 Å². The Kier molecular flexibility index (Phi) is 7.03. The van der Waals surface area contributed by atoms with Crippen LogP contribution in [-0.2, 0) is 14.4 Å². The summed E-state index contributed by atoms with van der Waals surface area (Å²) in [6, 6.07) is -0.861. The van der Waals surface area contributed by atoms with Gasteiger partial charge in [-0.3, -0.25) is 14.4 Å². The van der Waals surface area contributed by atoms with E-state index in [9.17, 15) is 14.4 Å². The first-order valence-corrected chi connectivity index (χ1v) is 4.78.